The minimum absolute atomic E-state index is 0.0460. The number of aliphatic hydroxyl groups is 5. The number of carbonyl (C=O) groups excluding carboxylic acids is 1. The molecule has 0 fully saturated rings. The van der Waals surface area contributed by atoms with Crippen molar-refractivity contribution in [2.24, 2.45) is 5.73 Å². The average Bonchev–Trinajstić information content (AvgIpc) is 2.91. The second kappa shape index (κ2) is 16.4. The Bertz CT molecular complexity index is 878. The highest BCUT2D eigenvalue weighted by Crippen LogP contribution is 2.21. The highest BCUT2D eigenvalue weighted by Gasteiger charge is 2.29. The Kier molecular flexibility index (Phi) is 13.6. The van der Waals surface area contributed by atoms with Gasteiger partial charge in [0.15, 0.2) is 0 Å². The third kappa shape index (κ3) is 10.3. The van der Waals surface area contributed by atoms with Crippen molar-refractivity contribution in [3.8, 4) is 11.1 Å². The van der Waals surface area contributed by atoms with Crippen LogP contribution in [0.5, 0.6) is 0 Å². The van der Waals surface area contributed by atoms with Crippen molar-refractivity contribution in [3.63, 3.8) is 0 Å². The number of rotatable bonds is 17. The first-order valence-electron chi connectivity index (χ1n) is 12.5. The Balaban J connectivity index is 1.65. The van der Waals surface area contributed by atoms with Gasteiger partial charge in [0.1, 0.15) is 18.3 Å². The number of amides is 1. The third-order valence-electron chi connectivity index (χ3n) is 6.10. The minimum Gasteiger partial charge on any atom is -0.394 e. The molecule has 36 heavy (non-hydrogen) atoms. The summed E-state index contributed by atoms with van der Waals surface area (Å²) < 4.78 is 0. The number of unbranched alkanes of at least 4 members (excludes halogenated alkanes) is 1. The summed E-state index contributed by atoms with van der Waals surface area (Å²) in [6.45, 7) is 0.653. The molecule has 0 aromatic heterocycles. The fraction of sp³-hybridized carbons (Fsp3) is 0.519. The minimum atomic E-state index is -1.65. The Morgan fingerprint density at radius 3 is 1.89 bits per heavy atom. The van der Waals surface area contributed by atoms with E-state index in [1.807, 2.05) is 12.1 Å². The number of carbonyl (C=O) groups is 1. The summed E-state index contributed by atoms with van der Waals surface area (Å²) in [5.41, 5.74) is 10.2. The van der Waals surface area contributed by atoms with Crippen LogP contribution in [0.3, 0.4) is 0 Å². The molecule has 0 spiro atoms. The highest BCUT2D eigenvalue weighted by molar-refractivity contribution is 5.76. The molecule has 0 radical (unpaired) electrons. The zero-order valence-electron chi connectivity index (χ0n) is 20.7. The first-order valence-corrected chi connectivity index (χ1v) is 12.5. The number of aliphatic hydroxyl groups excluding tert-OH is 5. The monoisotopic (exact) mass is 503 g/mol. The van der Waals surface area contributed by atoms with E-state index in [1.54, 1.807) is 0 Å². The largest absolute Gasteiger partial charge is 0.394 e. The van der Waals surface area contributed by atoms with Crippen LogP contribution in [0, 0.1) is 0 Å². The summed E-state index contributed by atoms with van der Waals surface area (Å²) in [5, 5.41) is 52.9. The lowest BCUT2D eigenvalue weighted by Crippen LogP contribution is -2.49. The van der Waals surface area contributed by atoms with Crippen LogP contribution in [0.4, 0.5) is 0 Å². The lowest BCUT2D eigenvalue weighted by molar-refractivity contribution is -0.121. The molecular weight excluding hydrogens is 462 g/mol. The van der Waals surface area contributed by atoms with Gasteiger partial charge in [-0.15, -0.1) is 0 Å². The van der Waals surface area contributed by atoms with Crippen molar-refractivity contribution in [1.29, 1.82) is 0 Å². The van der Waals surface area contributed by atoms with Gasteiger partial charge in [-0.1, -0.05) is 48.5 Å². The van der Waals surface area contributed by atoms with E-state index >= 15 is 0 Å². The molecule has 0 saturated carbocycles. The molecule has 2 rings (SSSR count). The fourth-order valence-corrected chi connectivity index (χ4v) is 3.77. The predicted octanol–water partition coefficient (Wildman–Crippen LogP) is -0.291. The van der Waals surface area contributed by atoms with E-state index in [2.05, 4.69) is 47.0 Å². The number of nitrogens with two attached hydrogens (primary N) is 1. The molecule has 0 unspecified atom stereocenters. The first kappa shape index (κ1) is 29.9. The Morgan fingerprint density at radius 2 is 1.33 bits per heavy atom. The summed E-state index contributed by atoms with van der Waals surface area (Å²) in [7, 11) is 0. The van der Waals surface area contributed by atoms with Gasteiger partial charge in [0, 0.05) is 26.1 Å². The van der Waals surface area contributed by atoms with Crippen LogP contribution in [-0.2, 0) is 17.6 Å². The summed E-state index contributed by atoms with van der Waals surface area (Å²) >= 11 is 0. The van der Waals surface area contributed by atoms with Crippen molar-refractivity contribution in [2.45, 2.75) is 56.5 Å². The number of aryl methyl sites for hydroxylation is 2. The summed E-state index contributed by atoms with van der Waals surface area (Å²) in [6, 6.07) is 16.8. The molecule has 200 valence electrons. The lowest BCUT2D eigenvalue weighted by atomic mass is 9.99. The maximum atomic E-state index is 12.1. The van der Waals surface area contributed by atoms with Gasteiger partial charge in [-0.25, -0.2) is 0 Å². The van der Waals surface area contributed by atoms with Crippen molar-refractivity contribution >= 4 is 5.91 Å². The van der Waals surface area contributed by atoms with E-state index in [-0.39, 0.29) is 12.5 Å². The maximum absolute atomic E-state index is 12.1. The van der Waals surface area contributed by atoms with Gasteiger partial charge in [0.05, 0.1) is 12.7 Å². The second-order valence-electron chi connectivity index (χ2n) is 8.99. The van der Waals surface area contributed by atoms with Crippen LogP contribution in [0.1, 0.15) is 30.4 Å². The molecule has 9 N–H and O–H groups in total. The Labute approximate surface area is 213 Å². The zero-order chi connectivity index (χ0) is 26.3. The van der Waals surface area contributed by atoms with Crippen LogP contribution in [0.25, 0.3) is 11.1 Å². The average molecular weight is 504 g/mol. The molecule has 9 nitrogen and oxygen atoms in total. The lowest BCUT2D eigenvalue weighted by Gasteiger charge is -2.25. The van der Waals surface area contributed by atoms with Crippen molar-refractivity contribution in [1.82, 2.24) is 10.6 Å². The number of benzene rings is 2. The first-order chi connectivity index (χ1) is 17.3. The van der Waals surface area contributed by atoms with Crippen LogP contribution < -0.4 is 16.4 Å². The van der Waals surface area contributed by atoms with E-state index in [1.165, 1.54) is 5.56 Å². The Hall–Kier alpha value is -2.37. The van der Waals surface area contributed by atoms with Crippen molar-refractivity contribution in [2.75, 3.05) is 32.8 Å². The zero-order valence-corrected chi connectivity index (χ0v) is 20.7. The van der Waals surface area contributed by atoms with Crippen molar-refractivity contribution < 1.29 is 30.3 Å². The third-order valence-corrected chi connectivity index (χ3v) is 6.10. The molecule has 0 aliphatic rings. The molecule has 0 aliphatic carbocycles. The molecular formula is C27H41N3O6. The van der Waals surface area contributed by atoms with Gasteiger partial charge >= 0.3 is 0 Å². The number of hydrogen-bond acceptors (Lipinski definition) is 8. The molecule has 4 atom stereocenters. The van der Waals surface area contributed by atoms with Gasteiger partial charge in [-0.05, 0) is 54.5 Å². The van der Waals surface area contributed by atoms with Crippen LogP contribution in [0.2, 0.25) is 0 Å². The predicted molar refractivity (Wildman–Crippen MR) is 139 cm³/mol. The molecule has 2 aromatic carbocycles. The van der Waals surface area contributed by atoms with Crippen LogP contribution in [0.15, 0.2) is 48.5 Å². The van der Waals surface area contributed by atoms with E-state index in [0.717, 1.165) is 42.5 Å². The van der Waals surface area contributed by atoms with E-state index in [4.69, 9.17) is 10.8 Å². The molecule has 0 saturated heterocycles. The van der Waals surface area contributed by atoms with Gasteiger partial charge in [-0.2, -0.15) is 0 Å². The van der Waals surface area contributed by atoms with Gasteiger partial charge in [0.25, 0.3) is 0 Å². The highest BCUT2D eigenvalue weighted by atomic mass is 16.4. The summed E-state index contributed by atoms with van der Waals surface area (Å²) in [4.78, 5) is 12.1. The Morgan fingerprint density at radius 1 is 0.778 bits per heavy atom. The SMILES string of the molecule is NCCCCc1ccc(-c2ccc(CCC(=O)NCCNC[C@H](O)[C@@H](O)[C@H](O)[C@H](O)CO)cc2)cc1. The summed E-state index contributed by atoms with van der Waals surface area (Å²) in [5.74, 6) is -0.0897. The van der Waals surface area contributed by atoms with E-state index in [0.29, 0.717) is 25.9 Å². The normalized spacial score (nSPS) is 14.7. The molecule has 0 heterocycles. The maximum Gasteiger partial charge on any atom is 0.220 e. The number of hydrogen-bond donors (Lipinski definition) is 8. The quantitative estimate of drug-likeness (QED) is 0.136. The van der Waals surface area contributed by atoms with Crippen molar-refractivity contribution in [3.05, 3.63) is 59.7 Å². The van der Waals surface area contributed by atoms with Gasteiger partial charge in [-0.3, -0.25) is 4.79 Å². The van der Waals surface area contributed by atoms with Crippen LogP contribution >= 0.6 is 0 Å². The smallest absolute Gasteiger partial charge is 0.220 e. The molecule has 9 heteroatoms. The van der Waals surface area contributed by atoms with E-state index < -0.39 is 31.0 Å². The fourth-order valence-electron chi connectivity index (χ4n) is 3.77. The van der Waals surface area contributed by atoms with Gasteiger partial charge in [0.2, 0.25) is 5.91 Å². The number of nitrogens with one attached hydrogen (secondary N) is 2. The molecule has 1 amide bonds. The summed E-state index contributed by atoms with van der Waals surface area (Å²) in [6.07, 6.45) is -1.97. The van der Waals surface area contributed by atoms with Crippen LogP contribution in [-0.4, -0.2) is 88.6 Å². The topological polar surface area (TPSA) is 168 Å². The molecule has 2 aromatic rings. The standard InChI is InChI=1S/C27H41N3O6/c28-14-2-1-3-19-4-9-21(10-5-19)22-11-6-20(7-12-22)8-13-25(34)30-16-15-29-17-23(32)26(35)27(36)24(33)18-31/h4-7,9-12,23-24,26-27,29,31-33,35-36H,1-3,8,13-18,28H2,(H,30,34)/t23-,24+,26+,27+/m0/s1. The second-order valence-corrected chi connectivity index (χ2v) is 8.99. The van der Waals surface area contributed by atoms with E-state index in [9.17, 15) is 25.2 Å². The molecule has 0 aliphatic heterocycles. The van der Waals surface area contributed by atoms with Gasteiger partial charge < -0.3 is 41.9 Å². The molecule has 0 bridgehead atoms.